The number of β-amino-alcohol motifs (C(OH)–C–C–N with tert-alkyl or cyclic N) is 1. The number of benzene rings is 1. The maximum absolute atomic E-state index is 12.8. The van der Waals surface area contributed by atoms with Crippen molar-refractivity contribution in [2.45, 2.75) is 32.0 Å². The van der Waals surface area contributed by atoms with E-state index in [9.17, 15) is 18.0 Å². The van der Waals surface area contributed by atoms with Gasteiger partial charge >= 0.3 is 6.18 Å². The third kappa shape index (κ3) is 3.82. The van der Waals surface area contributed by atoms with Crippen LogP contribution in [0.1, 0.15) is 30.4 Å². The van der Waals surface area contributed by atoms with E-state index in [1.807, 2.05) is 0 Å². The predicted molar refractivity (Wildman–Crippen MR) is 86.7 cm³/mol. The molecule has 3 rings (SSSR count). The number of rotatable bonds is 4. The van der Waals surface area contributed by atoms with Crippen LogP contribution in [-0.4, -0.2) is 53.6 Å². The number of alkyl halides is 3. The first-order valence-electron chi connectivity index (χ1n) is 8.63. The Hall–Kier alpha value is -1.60. The maximum Gasteiger partial charge on any atom is 0.416 e. The van der Waals surface area contributed by atoms with Crippen molar-refractivity contribution in [3.63, 3.8) is 0 Å². The summed E-state index contributed by atoms with van der Waals surface area (Å²) in [6.45, 7) is 2.68. The summed E-state index contributed by atoms with van der Waals surface area (Å²) >= 11 is 0. The van der Waals surface area contributed by atoms with Crippen LogP contribution in [0.25, 0.3) is 0 Å². The van der Waals surface area contributed by atoms with Crippen LogP contribution in [0.15, 0.2) is 24.3 Å². The number of carbonyl (C=O) groups excluding carboxylic acids is 1. The van der Waals surface area contributed by atoms with Crippen LogP contribution in [-0.2, 0) is 17.5 Å². The Kier molecular flexibility index (Phi) is 5.06. The quantitative estimate of drug-likeness (QED) is 0.902. The second-order valence-corrected chi connectivity index (χ2v) is 7.06. The van der Waals surface area contributed by atoms with Gasteiger partial charge < -0.3 is 10.0 Å². The molecule has 2 fully saturated rings. The molecular weight excluding hydrogens is 333 g/mol. The highest BCUT2D eigenvalue weighted by Gasteiger charge is 2.48. The molecule has 0 saturated carbocycles. The van der Waals surface area contributed by atoms with Crippen LogP contribution < -0.4 is 0 Å². The van der Waals surface area contributed by atoms with Gasteiger partial charge in [0.15, 0.2) is 0 Å². The van der Waals surface area contributed by atoms with Gasteiger partial charge in [0.05, 0.1) is 17.6 Å². The summed E-state index contributed by atoms with van der Waals surface area (Å²) < 4.78 is 38.5. The van der Waals surface area contributed by atoms with Crippen LogP contribution in [0.2, 0.25) is 0 Å². The molecule has 1 aromatic carbocycles. The van der Waals surface area contributed by atoms with Crippen LogP contribution >= 0.6 is 0 Å². The molecule has 1 aromatic rings. The average molecular weight is 356 g/mol. The average Bonchev–Trinajstić information content (AvgIpc) is 2.95. The van der Waals surface area contributed by atoms with Gasteiger partial charge in [0.2, 0.25) is 5.91 Å². The van der Waals surface area contributed by atoms with Crippen molar-refractivity contribution in [1.29, 1.82) is 0 Å². The molecule has 1 N–H and O–H groups in total. The number of carbonyl (C=O) groups is 1. The summed E-state index contributed by atoms with van der Waals surface area (Å²) in [7, 11) is 0. The lowest BCUT2D eigenvalue weighted by Gasteiger charge is -2.39. The summed E-state index contributed by atoms with van der Waals surface area (Å²) in [6.07, 6.45) is -1.89. The van der Waals surface area contributed by atoms with Gasteiger partial charge in [-0.3, -0.25) is 9.69 Å². The van der Waals surface area contributed by atoms with E-state index in [-0.39, 0.29) is 12.5 Å². The highest BCUT2D eigenvalue weighted by molar-refractivity contribution is 5.84. The van der Waals surface area contributed by atoms with Gasteiger partial charge in [0.1, 0.15) is 0 Å². The fraction of sp³-hybridized carbons (Fsp3) is 0.611. The lowest BCUT2D eigenvalue weighted by molar-refractivity contribution is -0.146. The first-order chi connectivity index (χ1) is 11.8. The molecule has 7 heteroatoms. The Morgan fingerprint density at radius 2 is 2.00 bits per heavy atom. The predicted octanol–water partition coefficient (Wildman–Crippen LogP) is 2.51. The van der Waals surface area contributed by atoms with E-state index >= 15 is 0 Å². The van der Waals surface area contributed by atoms with Crippen molar-refractivity contribution in [2.75, 3.05) is 32.8 Å². The number of aliphatic hydroxyl groups is 1. The summed E-state index contributed by atoms with van der Waals surface area (Å²) in [5, 5.41) is 9.11. The Morgan fingerprint density at radius 3 is 2.72 bits per heavy atom. The van der Waals surface area contributed by atoms with Crippen LogP contribution in [0.5, 0.6) is 0 Å². The molecular formula is C18H23F3N2O2. The Morgan fingerprint density at radius 1 is 1.20 bits per heavy atom. The van der Waals surface area contributed by atoms with Gasteiger partial charge in [-0.15, -0.1) is 0 Å². The molecule has 0 radical (unpaired) electrons. The first kappa shape index (κ1) is 18.2. The highest BCUT2D eigenvalue weighted by atomic mass is 19.4. The van der Waals surface area contributed by atoms with Crippen LogP contribution in [0.4, 0.5) is 13.2 Å². The van der Waals surface area contributed by atoms with Crippen molar-refractivity contribution >= 4 is 5.91 Å². The molecule has 138 valence electrons. The van der Waals surface area contributed by atoms with Crippen molar-refractivity contribution in [3.05, 3.63) is 35.4 Å². The number of amides is 1. The van der Waals surface area contributed by atoms with Gasteiger partial charge in [-0.05, 0) is 37.4 Å². The summed E-state index contributed by atoms with van der Waals surface area (Å²) in [5.74, 6) is 0.0827. The zero-order chi connectivity index (χ0) is 18.1. The Labute approximate surface area is 145 Å². The van der Waals surface area contributed by atoms with Crippen LogP contribution in [0, 0.1) is 5.41 Å². The number of nitrogens with zero attached hydrogens (tertiary/aromatic N) is 2. The second-order valence-electron chi connectivity index (χ2n) is 7.06. The van der Waals surface area contributed by atoms with Gasteiger partial charge in [-0.25, -0.2) is 0 Å². The normalized spacial score (nSPS) is 25.1. The molecule has 25 heavy (non-hydrogen) atoms. The lowest BCUT2D eigenvalue weighted by Crippen LogP contribution is -2.50. The van der Waals surface area contributed by atoms with Gasteiger partial charge in [-0.1, -0.05) is 18.2 Å². The first-order valence-corrected chi connectivity index (χ1v) is 8.63. The summed E-state index contributed by atoms with van der Waals surface area (Å²) in [5.41, 5.74) is -0.459. The molecule has 1 spiro atoms. The van der Waals surface area contributed by atoms with E-state index in [0.29, 0.717) is 38.3 Å². The number of aliphatic hydroxyl groups excluding tert-OH is 1. The summed E-state index contributed by atoms with van der Waals surface area (Å²) in [4.78, 5) is 16.5. The van der Waals surface area contributed by atoms with Crippen molar-refractivity contribution in [3.8, 4) is 0 Å². The molecule has 2 saturated heterocycles. The molecule has 1 amide bonds. The molecule has 1 unspecified atom stereocenters. The van der Waals surface area contributed by atoms with Gasteiger partial charge in [0, 0.05) is 26.2 Å². The minimum atomic E-state index is -4.34. The van der Waals surface area contributed by atoms with E-state index in [1.165, 1.54) is 12.1 Å². The fourth-order valence-electron chi connectivity index (χ4n) is 4.06. The molecule has 2 aliphatic heterocycles. The van der Waals surface area contributed by atoms with E-state index in [2.05, 4.69) is 4.90 Å². The fourth-order valence-corrected chi connectivity index (χ4v) is 4.06. The second kappa shape index (κ2) is 6.96. The van der Waals surface area contributed by atoms with Gasteiger partial charge in [-0.2, -0.15) is 13.2 Å². The monoisotopic (exact) mass is 356 g/mol. The molecule has 2 heterocycles. The van der Waals surface area contributed by atoms with Crippen molar-refractivity contribution in [1.82, 2.24) is 9.80 Å². The lowest BCUT2D eigenvalue weighted by atomic mass is 9.78. The topological polar surface area (TPSA) is 43.8 Å². The molecule has 0 aliphatic carbocycles. The SMILES string of the molecule is O=C1N(CCO)CCCC12CCN(Cc1cccc(C(F)(F)F)c1)C2. The zero-order valence-electron chi connectivity index (χ0n) is 14.1. The van der Waals surface area contributed by atoms with E-state index in [0.717, 1.165) is 25.3 Å². The van der Waals surface area contributed by atoms with Crippen LogP contribution in [0.3, 0.4) is 0 Å². The maximum atomic E-state index is 12.8. The number of hydrogen-bond acceptors (Lipinski definition) is 3. The highest BCUT2D eigenvalue weighted by Crippen LogP contribution is 2.40. The Bertz CT molecular complexity index is 633. The van der Waals surface area contributed by atoms with E-state index in [1.54, 1.807) is 11.0 Å². The largest absolute Gasteiger partial charge is 0.416 e. The standard InChI is InChI=1S/C18H23F3N2O2/c19-18(20,21)15-4-1-3-14(11-15)12-22-8-6-17(13-22)5-2-7-23(9-10-24)16(17)25/h1,3-4,11,24H,2,5-10,12-13H2. The number of hydrogen-bond donors (Lipinski definition) is 1. The number of likely N-dealkylation sites (tertiary alicyclic amines) is 2. The number of halogens is 3. The summed E-state index contributed by atoms with van der Waals surface area (Å²) in [6, 6.07) is 5.39. The molecule has 4 nitrogen and oxygen atoms in total. The minimum Gasteiger partial charge on any atom is -0.395 e. The molecule has 1 atom stereocenters. The van der Waals surface area contributed by atoms with Gasteiger partial charge in [0.25, 0.3) is 0 Å². The zero-order valence-corrected chi connectivity index (χ0v) is 14.1. The van der Waals surface area contributed by atoms with Crippen molar-refractivity contribution < 1.29 is 23.1 Å². The minimum absolute atomic E-state index is 0.0459. The molecule has 0 bridgehead atoms. The third-order valence-electron chi connectivity index (χ3n) is 5.29. The van der Waals surface area contributed by atoms with E-state index in [4.69, 9.17) is 5.11 Å². The molecule has 0 aromatic heterocycles. The molecule has 2 aliphatic rings. The van der Waals surface area contributed by atoms with Crippen molar-refractivity contribution in [2.24, 2.45) is 5.41 Å². The third-order valence-corrected chi connectivity index (χ3v) is 5.29. The Balaban J connectivity index is 1.68. The smallest absolute Gasteiger partial charge is 0.395 e. The number of piperidine rings is 1. The van der Waals surface area contributed by atoms with E-state index < -0.39 is 17.2 Å².